The highest BCUT2D eigenvalue weighted by Crippen LogP contribution is 2.36. The summed E-state index contributed by atoms with van der Waals surface area (Å²) in [4.78, 5) is 29.3. The number of Topliss-reactive ketones (excluding diaryl/α,β-unsaturated/α-hetero) is 1. The number of aromatic nitrogens is 1. The number of aryl methyl sites for hydroxylation is 1. The second-order valence-electron chi connectivity index (χ2n) is 9.45. The second kappa shape index (κ2) is 11.3. The first kappa shape index (κ1) is 30.1. The Hall–Kier alpha value is -4.41. The van der Waals surface area contributed by atoms with Crippen molar-refractivity contribution in [2.24, 2.45) is 10.2 Å². The van der Waals surface area contributed by atoms with Crippen LogP contribution in [0.1, 0.15) is 12.5 Å². The van der Waals surface area contributed by atoms with E-state index in [1.54, 1.807) is 49.4 Å². The van der Waals surface area contributed by atoms with Crippen LogP contribution in [-0.2, 0) is 29.8 Å². The summed E-state index contributed by atoms with van der Waals surface area (Å²) in [6, 6.07) is 16.9. The molecule has 1 atom stereocenters. The third kappa shape index (κ3) is 6.21. The Morgan fingerprint density at radius 2 is 1.56 bits per heavy atom. The summed E-state index contributed by atoms with van der Waals surface area (Å²) in [6.07, 6.45) is 0. The molecule has 43 heavy (non-hydrogen) atoms. The lowest BCUT2D eigenvalue weighted by molar-refractivity contribution is -0.126. The Labute approximate surface area is 249 Å². The maximum atomic E-state index is 13.0. The highest BCUT2D eigenvalue weighted by atomic mass is 32.2. The number of hydrogen-bond acceptors (Lipinski definition) is 10. The zero-order chi connectivity index (χ0) is 31.1. The second-order valence-corrected chi connectivity index (χ2v) is 13.2. The number of carbonyl (C=O) groups is 2. The van der Waals surface area contributed by atoms with Gasteiger partial charge in [0.25, 0.3) is 26.1 Å². The van der Waals surface area contributed by atoms with Crippen molar-refractivity contribution < 1.29 is 35.5 Å². The molecule has 0 aliphatic carbocycles. The quantitative estimate of drug-likeness (QED) is 0.110. The molecule has 0 saturated heterocycles. The molecule has 12 nitrogen and oxygen atoms in total. The lowest BCUT2D eigenvalue weighted by Gasteiger charge is -2.12. The maximum Gasteiger partial charge on any atom is 0.296 e. The predicted molar refractivity (Wildman–Crippen MR) is 161 cm³/mol. The number of carbonyl (C=O) groups excluding carboxylic acids is 2. The highest BCUT2D eigenvalue weighted by Gasteiger charge is 2.25. The van der Waals surface area contributed by atoms with E-state index in [4.69, 9.17) is 0 Å². The number of thiazole rings is 1. The minimum absolute atomic E-state index is 0.182. The van der Waals surface area contributed by atoms with Crippen LogP contribution < -0.4 is 5.32 Å². The normalized spacial score (nSPS) is 13.0. The van der Waals surface area contributed by atoms with E-state index in [9.17, 15) is 35.5 Å². The number of benzene rings is 4. The summed E-state index contributed by atoms with van der Waals surface area (Å²) in [5.41, 5.74) is 1.98. The van der Waals surface area contributed by atoms with Gasteiger partial charge in [-0.25, -0.2) is 4.98 Å². The van der Waals surface area contributed by atoms with Gasteiger partial charge in [0.2, 0.25) is 6.04 Å². The van der Waals surface area contributed by atoms with Crippen molar-refractivity contribution in [3.63, 3.8) is 0 Å². The van der Waals surface area contributed by atoms with Crippen molar-refractivity contribution in [1.82, 2.24) is 4.98 Å². The van der Waals surface area contributed by atoms with Gasteiger partial charge in [-0.15, -0.1) is 11.3 Å². The molecule has 0 fully saturated rings. The Balaban J connectivity index is 1.38. The Morgan fingerprint density at radius 3 is 2.21 bits per heavy atom. The van der Waals surface area contributed by atoms with Crippen LogP contribution >= 0.6 is 11.3 Å². The summed E-state index contributed by atoms with van der Waals surface area (Å²) >= 11 is 1.10. The van der Waals surface area contributed by atoms with Crippen LogP contribution in [0.3, 0.4) is 0 Å². The molecule has 1 aromatic heterocycles. The van der Waals surface area contributed by atoms with Gasteiger partial charge in [-0.3, -0.25) is 18.7 Å². The molecule has 220 valence electrons. The van der Waals surface area contributed by atoms with Gasteiger partial charge in [-0.05, 0) is 61.9 Å². The zero-order valence-corrected chi connectivity index (χ0v) is 24.9. The van der Waals surface area contributed by atoms with E-state index in [0.29, 0.717) is 37.4 Å². The molecule has 0 saturated carbocycles. The Kier molecular flexibility index (Phi) is 7.93. The fourth-order valence-electron chi connectivity index (χ4n) is 4.44. The van der Waals surface area contributed by atoms with Crippen LogP contribution in [0.5, 0.6) is 0 Å². The largest absolute Gasteiger partial charge is 0.323 e. The number of hydrogen-bond donors (Lipinski definition) is 3. The molecule has 0 spiro atoms. The first-order valence-corrected chi connectivity index (χ1v) is 16.1. The number of anilines is 1. The molecule has 3 N–H and O–H groups in total. The van der Waals surface area contributed by atoms with Gasteiger partial charge in [0.15, 0.2) is 5.78 Å². The minimum atomic E-state index is -4.52. The summed E-state index contributed by atoms with van der Waals surface area (Å²) in [6.45, 7) is 2.76. The number of azo groups is 1. The first-order valence-electron chi connectivity index (χ1n) is 12.4. The topological polar surface area (TPSA) is 193 Å². The van der Waals surface area contributed by atoms with Gasteiger partial charge in [-0.2, -0.15) is 27.1 Å². The maximum absolute atomic E-state index is 13.0. The molecule has 0 aliphatic rings. The lowest BCUT2D eigenvalue weighted by Crippen LogP contribution is -2.31. The van der Waals surface area contributed by atoms with Crippen LogP contribution in [0.2, 0.25) is 0 Å². The molecule has 5 rings (SSSR count). The van der Waals surface area contributed by atoms with Crippen molar-refractivity contribution in [1.29, 1.82) is 0 Å². The average Bonchev–Trinajstić information content (AvgIpc) is 3.36. The number of nitrogens with one attached hydrogen (secondary N) is 1. The number of fused-ring (bicyclic) bond motifs is 2. The summed E-state index contributed by atoms with van der Waals surface area (Å²) in [5.74, 6) is -1.38. The summed E-state index contributed by atoms with van der Waals surface area (Å²) in [5, 5.41) is 11.6. The minimum Gasteiger partial charge on any atom is -0.323 e. The van der Waals surface area contributed by atoms with Gasteiger partial charge >= 0.3 is 0 Å². The Morgan fingerprint density at radius 1 is 0.884 bits per heavy atom. The van der Waals surface area contributed by atoms with Crippen LogP contribution in [0.4, 0.5) is 11.4 Å². The monoisotopic (exact) mass is 638 g/mol. The smallest absolute Gasteiger partial charge is 0.296 e. The van der Waals surface area contributed by atoms with Crippen molar-refractivity contribution >= 4 is 75.6 Å². The van der Waals surface area contributed by atoms with Gasteiger partial charge in [0.1, 0.15) is 14.8 Å². The highest BCUT2D eigenvalue weighted by molar-refractivity contribution is 7.86. The van der Waals surface area contributed by atoms with Crippen molar-refractivity contribution in [2.75, 3.05) is 5.32 Å². The van der Waals surface area contributed by atoms with Crippen molar-refractivity contribution in [3.8, 4) is 10.6 Å². The van der Waals surface area contributed by atoms with Crippen LogP contribution in [0, 0.1) is 6.92 Å². The molecule has 1 unspecified atom stereocenters. The molecule has 0 aliphatic heterocycles. The molecule has 4 aromatic carbocycles. The molecular formula is C28H22N4O8S3. The van der Waals surface area contributed by atoms with E-state index in [1.165, 1.54) is 37.3 Å². The summed E-state index contributed by atoms with van der Waals surface area (Å²) < 4.78 is 66.9. The average molecular weight is 639 g/mol. The van der Waals surface area contributed by atoms with Crippen molar-refractivity contribution in [3.05, 3.63) is 78.4 Å². The summed E-state index contributed by atoms with van der Waals surface area (Å²) in [7, 11) is -8.97. The van der Waals surface area contributed by atoms with E-state index < -0.39 is 38.0 Å². The van der Waals surface area contributed by atoms with Crippen LogP contribution in [0.25, 0.3) is 31.6 Å². The van der Waals surface area contributed by atoms with Crippen molar-refractivity contribution in [2.45, 2.75) is 29.7 Å². The number of amides is 1. The SMILES string of the molecule is CC(=O)C(N=Nc1ccc(-c2nc3ccc(C)c(S(=O)(=O)O)c3s2)cc1)C(=O)Nc1cccc2c(S(=O)(=O)O)cccc12. The van der Waals surface area contributed by atoms with Crippen LogP contribution in [0.15, 0.2) is 92.8 Å². The van der Waals surface area contributed by atoms with E-state index in [-0.39, 0.29) is 20.9 Å². The molecule has 1 amide bonds. The molecule has 0 bridgehead atoms. The standard InChI is InChI=1S/C28H22N4O8S3/c1-15-9-14-22-25(26(15)43(38,39)40)41-28(30-22)17-10-12-18(13-11-17)31-32-24(16(2)33)27(34)29-21-7-3-6-20-19(21)5-4-8-23(20)42(35,36)37/h3-14,24H,1-2H3,(H,29,34)(H,35,36,37)(H,38,39,40). The van der Waals surface area contributed by atoms with Gasteiger partial charge in [-0.1, -0.05) is 30.3 Å². The van der Waals surface area contributed by atoms with Gasteiger partial charge < -0.3 is 5.32 Å². The zero-order valence-electron chi connectivity index (χ0n) is 22.4. The molecule has 5 aromatic rings. The number of ketones is 1. The van der Waals surface area contributed by atoms with E-state index in [1.807, 2.05) is 0 Å². The molecular weight excluding hydrogens is 617 g/mol. The van der Waals surface area contributed by atoms with Gasteiger partial charge in [0, 0.05) is 22.0 Å². The van der Waals surface area contributed by atoms with E-state index in [2.05, 4.69) is 20.5 Å². The van der Waals surface area contributed by atoms with Crippen LogP contribution in [-0.4, -0.2) is 48.7 Å². The number of nitrogens with zero attached hydrogens (tertiary/aromatic N) is 3. The third-order valence-electron chi connectivity index (χ3n) is 6.42. The Bertz CT molecular complexity index is 2180. The molecule has 0 radical (unpaired) electrons. The predicted octanol–water partition coefficient (Wildman–Crippen LogP) is 5.60. The fourth-order valence-corrected chi connectivity index (χ4v) is 7.46. The lowest BCUT2D eigenvalue weighted by atomic mass is 10.1. The van der Waals surface area contributed by atoms with E-state index in [0.717, 1.165) is 11.3 Å². The van der Waals surface area contributed by atoms with E-state index >= 15 is 0 Å². The first-order chi connectivity index (χ1) is 20.2. The molecule has 1 heterocycles. The third-order valence-corrected chi connectivity index (χ3v) is 9.64. The fraction of sp³-hybridized carbons (Fsp3) is 0.107. The molecule has 15 heteroatoms. The van der Waals surface area contributed by atoms with Gasteiger partial charge in [0.05, 0.1) is 15.9 Å². The number of rotatable bonds is 8.